The fourth-order valence-electron chi connectivity index (χ4n) is 2.39. The number of nitrogens with zero attached hydrogens (tertiary/aromatic N) is 2. The third-order valence-electron chi connectivity index (χ3n) is 3.17. The zero-order valence-corrected chi connectivity index (χ0v) is 11.0. The lowest BCUT2D eigenvalue weighted by molar-refractivity contribution is 0.270. The minimum absolute atomic E-state index is 0.232. The lowest BCUT2D eigenvalue weighted by Gasteiger charge is -2.09. The molecule has 102 valence electrons. The average Bonchev–Trinajstić information content (AvgIpc) is 2.74. The first-order valence-electron chi connectivity index (χ1n) is 6.24. The number of nitrogen functional groups attached to an aromatic ring is 1. The molecule has 5 heteroatoms. The lowest BCUT2D eigenvalue weighted by atomic mass is 10.2. The summed E-state index contributed by atoms with van der Waals surface area (Å²) in [7, 11) is 0. The maximum Gasteiger partial charge on any atom is 0.140 e. The highest BCUT2D eigenvalue weighted by Crippen LogP contribution is 2.24. The zero-order valence-electron chi connectivity index (χ0n) is 11.0. The van der Waals surface area contributed by atoms with Gasteiger partial charge in [0, 0.05) is 5.69 Å². The zero-order chi connectivity index (χ0) is 14.3. The smallest absolute Gasteiger partial charge is 0.140 e. The predicted octanol–water partition coefficient (Wildman–Crippen LogP) is 2.55. The predicted molar refractivity (Wildman–Crippen MR) is 76.1 cm³/mol. The quantitative estimate of drug-likeness (QED) is 0.704. The van der Waals surface area contributed by atoms with E-state index >= 15 is 0 Å². The molecule has 2 aromatic carbocycles. The molecule has 1 heterocycles. The summed E-state index contributed by atoms with van der Waals surface area (Å²) in [5.74, 6) is 0.136. The van der Waals surface area contributed by atoms with Crippen molar-refractivity contribution < 1.29 is 9.50 Å². The fourth-order valence-corrected chi connectivity index (χ4v) is 2.39. The van der Waals surface area contributed by atoms with Crippen LogP contribution in [0.4, 0.5) is 10.1 Å². The van der Waals surface area contributed by atoms with Crippen LogP contribution in [-0.2, 0) is 6.61 Å². The molecule has 0 bridgehead atoms. The molecule has 0 unspecified atom stereocenters. The molecule has 0 aliphatic rings. The molecule has 0 aliphatic carbocycles. The third kappa shape index (κ3) is 2.02. The Labute approximate surface area is 115 Å². The Morgan fingerprint density at radius 1 is 1.25 bits per heavy atom. The topological polar surface area (TPSA) is 64.1 Å². The fraction of sp³-hybridized carbons (Fsp3) is 0.133. The van der Waals surface area contributed by atoms with Crippen molar-refractivity contribution in [1.82, 2.24) is 9.55 Å². The summed E-state index contributed by atoms with van der Waals surface area (Å²) >= 11 is 0. The van der Waals surface area contributed by atoms with E-state index in [4.69, 9.17) is 5.73 Å². The highest BCUT2D eigenvalue weighted by Gasteiger charge is 2.13. The van der Waals surface area contributed by atoms with E-state index < -0.39 is 0 Å². The van der Waals surface area contributed by atoms with Crippen LogP contribution >= 0.6 is 0 Å². The summed E-state index contributed by atoms with van der Waals surface area (Å²) in [6, 6.07) is 10.0. The van der Waals surface area contributed by atoms with Crippen LogP contribution in [0.15, 0.2) is 36.4 Å². The van der Waals surface area contributed by atoms with Crippen LogP contribution in [0.2, 0.25) is 0 Å². The molecule has 3 aromatic rings. The molecule has 0 aliphatic heterocycles. The number of aliphatic hydroxyl groups is 1. The van der Waals surface area contributed by atoms with Gasteiger partial charge in [0.25, 0.3) is 0 Å². The number of hydrogen-bond donors (Lipinski definition) is 2. The molecule has 1 aromatic heterocycles. The van der Waals surface area contributed by atoms with Gasteiger partial charge >= 0.3 is 0 Å². The maximum absolute atomic E-state index is 13.6. The molecule has 0 spiro atoms. The Morgan fingerprint density at radius 3 is 2.75 bits per heavy atom. The van der Waals surface area contributed by atoms with Crippen LogP contribution in [0.25, 0.3) is 16.7 Å². The van der Waals surface area contributed by atoms with Crippen molar-refractivity contribution in [3.63, 3.8) is 0 Å². The van der Waals surface area contributed by atoms with Crippen LogP contribution in [0.3, 0.4) is 0 Å². The minimum Gasteiger partial charge on any atom is -0.399 e. The van der Waals surface area contributed by atoms with E-state index in [0.717, 1.165) is 11.1 Å². The second-order valence-electron chi connectivity index (χ2n) is 4.76. The average molecular weight is 271 g/mol. The number of halogens is 1. The Kier molecular flexibility index (Phi) is 2.91. The second kappa shape index (κ2) is 4.61. The largest absolute Gasteiger partial charge is 0.399 e. The van der Waals surface area contributed by atoms with Gasteiger partial charge in [-0.3, -0.25) is 4.57 Å². The van der Waals surface area contributed by atoms with Crippen molar-refractivity contribution in [2.75, 3.05) is 5.73 Å². The van der Waals surface area contributed by atoms with Crippen LogP contribution in [0.1, 0.15) is 11.4 Å². The molecule has 3 rings (SSSR count). The number of rotatable bonds is 2. The highest BCUT2D eigenvalue weighted by molar-refractivity contribution is 5.81. The van der Waals surface area contributed by atoms with E-state index in [-0.39, 0.29) is 12.4 Å². The summed E-state index contributed by atoms with van der Waals surface area (Å²) in [4.78, 5) is 4.34. The van der Waals surface area contributed by atoms with Crippen molar-refractivity contribution in [3.8, 4) is 5.69 Å². The van der Waals surface area contributed by atoms with Crippen molar-refractivity contribution in [3.05, 3.63) is 53.6 Å². The van der Waals surface area contributed by atoms with E-state index in [1.54, 1.807) is 16.7 Å². The van der Waals surface area contributed by atoms with Gasteiger partial charge in [0.05, 0.1) is 16.7 Å². The molecular weight excluding hydrogens is 257 g/mol. The number of imidazole rings is 1. The number of benzene rings is 2. The molecule has 0 fully saturated rings. The van der Waals surface area contributed by atoms with E-state index in [9.17, 15) is 9.50 Å². The Morgan fingerprint density at radius 2 is 2.05 bits per heavy atom. The Balaban J connectivity index is 2.33. The van der Waals surface area contributed by atoms with E-state index in [1.807, 2.05) is 19.1 Å². The Hall–Kier alpha value is -2.40. The van der Waals surface area contributed by atoms with Crippen molar-refractivity contribution in [2.24, 2.45) is 0 Å². The Bertz CT molecular complexity index is 775. The molecule has 0 saturated carbocycles. The first-order valence-corrected chi connectivity index (χ1v) is 6.24. The van der Waals surface area contributed by atoms with Gasteiger partial charge in [-0.05, 0) is 48.9 Å². The molecule has 4 nitrogen and oxygen atoms in total. The number of fused-ring (bicyclic) bond motifs is 1. The molecule has 0 radical (unpaired) electrons. The number of anilines is 1. The van der Waals surface area contributed by atoms with Crippen LogP contribution < -0.4 is 5.73 Å². The summed E-state index contributed by atoms with van der Waals surface area (Å²) in [6.45, 7) is 1.59. The lowest BCUT2D eigenvalue weighted by Crippen LogP contribution is -2.02. The normalized spacial score (nSPS) is 11.2. The van der Waals surface area contributed by atoms with Crippen molar-refractivity contribution in [2.45, 2.75) is 13.5 Å². The van der Waals surface area contributed by atoms with E-state index in [0.29, 0.717) is 22.7 Å². The van der Waals surface area contributed by atoms with Crippen LogP contribution in [0, 0.1) is 12.7 Å². The van der Waals surface area contributed by atoms with E-state index in [1.165, 1.54) is 12.1 Å². The van der Waals surface area contributed by atoms with Gasteiger partial charge in [-0.15, -0.1) is 0 Å². The first-order chi connectivity index (χ1) is 9.58. The standard InChI is InChI=1S/C15H14FN3O/c1-9-4-10(16)6-12(5-9)19-14-3-2-11(17)7-13(14)18-15(19)8-20/h2-7,20H,8,17H2,1H3. The molecule has 0 saturated heterocycles. The molecular formula is C15H14FN3O. The number of aryl methyl sites for hydroxylation is 1. The van der Waals surface area contributed by atoms with Gasteiger partial charge < -0.3 is 10.8 Å². The summed E-state index contributed by atoms with van der Waals surface area (Å²) in [6.07, 6.45) is 0. The summed E-state index contributed by atoms with van der Waals surface area (Å²) in [5, 5.41) is 9.48. The van der Waals surface area contributed by atoms with Gasteiger partial charge in [-0.1, -0.05) is 0 Å². The summed E-state index contributed by atoms with van der Waals surface area (Å²) < 4.78 is 15.3. The molecule has 0 amide bonds. The maximum atomic E-state index is 13.6. The molecule has 3 N–H and O–H groups in total. The van der Waals surface area contributed by atoms with E-state index in [2.05, 4.69) is 4.98 Å². The van der Waals surface area contributed by atoms with Crippen LogP contribution in [-0.4, -0.2) is 14.7 Å². The number of aliphatic hydroxyl groups excluding tert-OH is 1. The van der Waals surface area contributed by atoms with Gasteiger partial charge in [-0.2, -0.15) is 0 Å². The second-order valence-corrected chi connectivity index (χ2v) is 4.76. The van der Waals surface area contributed by atoms with Gasteiger partial charge in [0.2, 0.25) is 0 Å². The third-order valence-corrected chi connectivity index (χ3v) is 3.17. The van der Waals surface area contributed by atoms with Crippen molar-refractivity contribution in [1.29, 1.82) is 0 Å². The van der Waals surface area contributed by atoms with Gasteiger partial charge in [0.1, 0.15) is 18.2 Å². The number of hydrogen-bond acceptors (Lipinski definition) is 3. The monoisotopic (exact) mass is 271 g/mol. The van der Waals surface area contributed by atoms with Gasteiger partial charge in [0.15, 0.2) is 0 Å². The highest BCUT2D eigenvalue weighted by atomic mass is 19.1. The molecule has 20 heavy (non-hydrogen) atoms. The van der Waals surface area contributed by atoms with Crippen LogP contribution in [0.5, 0.6) is 0 Å². The van der Waals surface area contributed by atoms with Crippen molar-refractivity contribution >= 4 is 16.7 Å². The number of nitrogens with two attached hydrogens (primary N) is 1. The molecule has 0 atom stereocenters. The van der Waals surface area contributed by atoms with Gasteiger partial charge in [-0.25, -0.2) is 9.37 Å². The number of aromatic nitrogens is 2. The SMILES string of the molecule is Cc1cc(F)cc(-n2c(CO)nc3cc(N)ccc32)c1. The minimum atomic E-state index is -0.318. The first kappa shape index (κ1) is 12.6. The summed E-state index contributed by atoms with van der Waals surface area (Å²) in [5.41, 5.74) is 9.25.